The van der Waals surface area contributed by atoms with Gasteiger partial charge in [-0.2, -0.15) is 0 Å². The highest BCUT2D eigenvalue weighted by Gasteiger charge is 2.11. The van der Waals surface area contributed by atoms with Gasteiger partial charge in [-0.25, -0.2) is 4.79 Å². The van der Waals surface area contributed by atoms with Gasteiger partial charge in [-0.05, 0) is 18.2 Å². The number of fused-ring (bicyclic) bond motifs is 1. The van der Waals surface area contributed by atoms with E-state index in [0.29, 0.717) is 0 Å². The molecule has 0 aliphatic heterocycles. The highest BCUT2D eigenvalue weighted by atomic mass is 16.5. The first kappa shape index (κ1) is 12.8. The molecule has 1 aromatic heterocycles. The SMILES string of the molecule is C=CCOC(=O)C(=O)C=Cc1coc2ccccc12. The standard InChI is InChI=1S/C15H12O4/c1-2-9-18-15(17)13(16)8-7-11-10-19-14-6-4-3-5-12(11)14/h2-8,10H,1,9H2. The zero-order valence-corrected chi connectivity index (χ0v) is 10.2. The summed E-state index contributed by atoms with van der Waals surface area (Å²) >= 11 is 0. The van der Waals surface area contributed by atoms with E-state index in [1.807, 2.05) is 24.3 Å². The molecule has 0 spiro atoms. The molecule has 0 aliphatic carbocycles. The molecule has 0 amide bonds. The summed E-state index contributed by atoms with van der Waals surface area (Å²) in [5.74, 6) is -1.61. The Bertz CT molecular complexity index is 649. The number of hydrogen-bond donors (Lipinski definition) is 0. The Kier molecular flexibility index (Phi) is 3.93. The van der Waals surface area contributed by atoms with Crippen molar-refractivity contribution in [3.63, 3.8) is 0 Å². The third-order valence-electron chi connectivity index (χ3n) is 2.46. The number of carbonyl (C=O) groups excluding carboxylic acids is 2. The minimum Gasteiger partial charge on any atom is -0.464 e. The van der Waals surface area contributed by atoms with Crippen LogP contribution in [0, 0.1) is 0 Å². The largest absolute Gasteiger partial charge is 0.464 e. The van der Waals surface area contributed by atoms with Crippen molar-refractivity contribution in [2.75, 3.05) is 6.61 Å². The zero-order chi connectivity index (χ0) is 13.7. The molecule has 0 fully saturated rings. The van der Waals surface area contributed by atoms with E-state index in [2.05, 4.69) is 11.3 Å². The fourth-order valence-electron chi connectivity index (χ4n) is 1.57. The Labute approximate surface area is 110 Å². The van der Waals surface area contributed by atoms with E-state index in [1.54, 1.807) is 0 Å². The van der Waals surface area contributed by atoms with Crippen molar-refractivity contribution in [2.45, 2.75) is 0 Å². The van der Waals surface area contributed by atoms with Crippen molar-refractivity contribution in [1.82, 2.24) is 0 Å². The lowest BCUT2D eigenvalue weighted by atomic mass is 10.1. The Morgan fingerprint density at radius 2 is 2.11 bits per heavy atom. The van der Waals surface area contributed by atoms with Crippen LogP contribution in [0.4, 0.5) is 0 Å². The summed E-state index contributed by atoms with van der Waals surface area (Å²) in [6.45, 7) is 3.41. The fourth-order valence-corrected chi connectivity index (χ4v) is 1.57. The van der Waals surface area contributed by atoms with Crippen LogP contribution in [0.3, 0.4) is 0 Å². The molecule has 0 radical (unpaired) electrons. The van der Waals surface area contributed by atoms with Gasteiger partial charge in [-0.1, -0.05) is 30.9 Å². The molecule has 0 atom stereocenters. The van der Waals surface area contributed by atoms with Gasteiger partial charge in [0, 0.05) is 10.9 Å². The first-order valence-electron chi connectivity index (χ1n) is 5.68. The lowest BCUT2D eigenvalue weighted by molar-refractivity contribution is -0.150. The van der Waals surface area contributed by atoms with Gasteiger partial charge < -0.3 is 9.15 Å². The molecular weight excluding hydrogens is 244 g/mol. The van der Waals surface area contributed by atoms with Crippen LogP contribution in [0.2, 0.25) is 0 Å². The Morgan fingerprint density at radius 3 is 2.89 bits per heavy atom. The molecule has 2 aromatic rings. The quantitative estimate of drug-likeness (QED) is 0.357. The second-order valence-electron chi connectivity index (χ2n) is 3.77. The zero-order valence-electron chi connectivity index (χ0n) is 10.2. The first-order valence-corrected chi connectivity index (χ1v) is 5.68. The normalized spacial score (nSPS) is 10.7. The van der Waals surface area contributed by atoms with E-state index in [-0.39, 0.29) is 6.61 Å². The molecule has 0 unspecified atom stereocenters. The summed E-state index contributed by atoms with van der Waals surface area (Å²) < 4.78 is 9.94. The molecule has 1 heterocycles. The van der Waals surface area contributed by atoms with Gasteiger partial charge >= 0.3 is 5.97 Å². The first-order chi connectivity index (χ1) is 9.22. The predicted molar refractivity (Wildman–Crippen MR) is 71.4 cm³/mol. The molecular formula is C15H12O4. The van der Waals surface area contributed by atoms with E-state index in [4.69, 9.17) is 4.42 Å². The maximum atomic E-state index is 11.5. The number of para-hydroxylation sites is 1. The molecule has 0 saturated heterocycles. The van der Waals surface area contributed by atoms with Gasteiger partial charge in [0.1, 0.15) is 12.2 Å². The second-order valence-corrected chi connectivity index (χ2v) is 3.77. The van der Waals surface area contributed by atoms with Crippen molar-refractivity contribution >= 4 is 28.8 Å². The lowest BCUT2D eigenvalue weighted by Crippen LogP contribution is -2.14. The van der Waals surface area contributed by atoms with Crippen LogP contribution in [0.1, 0.15) is 5.56 Å². The molecule has 0 aliphatic rings. The van der Waals surface area contributed by atoms with Gasteiger partial charge in [0.25, 0.3) is 5.78 Å². The van der Waals surface area contributed by atoms with Gasteiger partial charge in [-0.3, -0.25) is 4.79 Å². The highest BCUT2D eigenvalue weighted by Crippen LogP contribution is 2.21. The summed E-state index contributed by atoms with van der Waals surface area (Å²) in [4.78, 5) is 22.7. The predicted octanol–water partition coefficient (Wildman–Crippen LogP) is 2.74. The number of hydrogen-bond acceptors (Lipinski definition) is 4. The van der Waals surface area contributed by atoms with Gasteiger partial charge in [0.2, 0.25) is 0 Å². The lowest BCUT2D eigenvalue weighted by Gasteiger charge is -1.96. The van der Waals surface area contributed by atoms with Crippen molar-refractivity contribution in [2.24, 2.45) is 0 Å². The van der Waals surface area contributed by atoms with Crippen LogP contribution in [0.25, 0.3) is 17.0 Å². The number of ketones is 1. The van der Waals surface area contributed by atoms with Crippen molar-refractivity contribution in [3.05, 3.63) is 54.8 Å². The minimum atomic E-state index is -0.899. The van der Waals surface area contributed by atoms with E-state index >= 15 is 0 Å². The molecule has 19 heavy (non-hydrogen) atoms. The number of esters is 1. The summed E-state index contributed by atoms with van der Waals surface area (Å²) in [6.07, 6.45) is 5.63. The molecule has 1 aromatic carbocycles. The number of rotatable bonds is 5. The molecule has 4 heteroatoms. The summed E-state index contributed by atoms with van der Waals surface area (Å²) in [7, 11) is 0. The monoisotopic (exact) mass is 256 g/mol. The van der Waals surface area contributed by atoms with Crippen LogP contribution >= 0.6 is 0 Å². The summed E-state index contributed by atoms with van der Waals surface area (Å²) in [5, 5.41) is 0.881. The maximum Gasteiger partial charge on any atom is 0.379 e. The van der Waals surface area contributed by atoms with Crippen LogP contribution in [-0.2, 0) is 14.3 Å². The topological polar surface area (TPSA) is 56.5 Å². The third-order valence-corrected chi connectivity index (χ3v) is 2.46. The van der Waals surface area contributed by atoms with E-state index in [0.717, 1.165) is 16.5 Å². The van der Waals surface area contributed by atoms with Gasteiger partial charge in [0.05, 0.1) is 6.26 Å². The average molecular weight is 256 g/mol. The van der Waals surface area contributed by atoms with Crippen LogP contribution in [0.5, 0.6) is 0 Å². The van der Waals surface area contributed by atoms with Crippen LogP contribution in [-0.4, -0.2) is 18.4 Å². The number of furan rings is 1. The molecule has 0 N–H and O–H groups in total. The van der Waals surface area contributed by atoms with Gasteiger partial charge in [0.15, 0.2) is 0 Å². The van der Waals surface area contributed by atoms with E-state index in [1.165, 1.54) is 24.5 Å². The Hall–Kier alpha value is -2.62. The molecule has 4 nitrogen and oxygen atoms in total. The van der Waals surface area contributed by atoms with Crippen molar-refractivity contribution in [3.8, 4) is 0 Å². The molecule has 96 valence electrons. The number of carbonyl (C=O) groups is 2. The average Bonchev–Trinajstić information content (AvgIpc) is 2.85. The summed E-state index contributed by atoms with van der Waals surface area (Å²) in [6, 6.07) is 7.43. The van der Waals surface area contributed by atoms with E-state index < -0.39 is 11.8 Å². The van der Waals surface area contributed by atoms with Crippen molar-refractivity contribution < 1.29 is 18.7 Å². The fraction of sp³-hybridized carbons (Fsp3) is 0.0667. The summed E-state index contributed by atoms with van der Waals surface area (Å²) in [5.41, 5.74) is 1.46. The number of benzene rings is 1. The molecule has 2 rings (SSSR count). The number of ether oxygens (including phenoxy) is 1. The van der Waals surface area contributed by atoms with Gasteiger partial charge in [-0.15, -0.1) is 0 Å². The van der Waals surface area contributed by atoms with E-state index in [9.17, 15) is 9.59 Å². The van der Waals surface area contributed by atoms with Crippen LogP contribution < -0.4 is 0 Å². The Morgan fingerprint density at radius 1 is 1.32 bits per heavy atom. The smallest absolute Gasteiger partial charge is 0.379 e. The third kappa shape index (κ3) is 2.98. The Balaban J connectivity index is 2.12. The van der Waals surface area contributed by atoms with Crippen LogP contribution in [0.15, 0.2) is 53.7 Å². The molecule has 0 saturated carbocycles. The van der Waals surface area contributed by atoms with Crippen molar-refractivity contribution in [1.29, 1.82) is 0 Å². The highest BCUT2D eigenvalue weighted by molar-refractivity contribution is 6.39. The molecule has 0 bridgehead atoms. The maximum absolute atomic E-state index is 11.5. The second kappa shape index (κ2) is 5.82. The minimum absolute atomic E-state index is 0.0209.